The predicted molar refractivity (Wildman–Crippen MR) is 113 cm³/mol. The Hall–Kier alpha value is -2.73. The third kappa shape index (κ3) is 4.65. The predicted octanol–water partition coefficient (Wildman–Crippen LogP) is 3.25. The molecule has 6 heteroatoms. The van der Waals surface area contributed by atoms with Crippen LogP contribution in [0.15, 0.2) is 42.5 Å². The Morgan fingerprint density at radius 3 is 2.55 bits per heavy atom. The zero-order valence-corrected chi connectivity index (χ0v) is 16.9. The summed E-state index contributed by atoms with van der Waals surface area (Å²) in [7, 11) is 1.72. The molecule has 2 aliphatic rings. The number of Topliss-reactive ketones (excluding diaryl/α,β-unsaturated/α-hetero) is 1. The van der Waals surface area contributed by atoms with Crippen LogP contribution in [0, 0.1) is 0 Å². The van der Waals surface area contributed by atoms with Gasteiger partial charge in [-0.1, -0.05) is 12.1 Å². The first kappa shape index (κ1) is 19.6. The number of carbonyl (C=O) groups excluding carboxylic acids is 1. The van der Waals surface area contributed by atoms with Gasteiger partial charge in [0.05, 0.1) is 12.8 Å². The maximum Gasteiger partial charge on any atom is 0.163 e. The standard InChI is InChI=1S/C23H28N2O4/c1-27-21-7-3-2-5-19(21)25-13-11-24(12-14-25)10-4-6-20(26)18-8-9-22-23(17-18)29-16-15-28-22/h2-3,5,7-9,17H,4,6,10-16H2,1H3. The minimum atomic E-state index is 0.162. The molecule has 0 saturated carbocycles. The van der Waals surface area contributed by atoms with Crippen molar-refractivity contribution in [2.45, 2.75) is 12.8 Å². The van der Waals surface area contributed by atoms with Gasteiger partial charge in [0, 0.05) is 38.2 Å². The molecule has 0 spiro atoms. The van der Waals surface area contributed by atoms with Gasteiger partial charge >= 0.3 is 0 Å². The minimum absolute atomic E-state index is 0.162. The zero-order chi connectivity index (χ0) is 20.1. The lowest BCUT2D eigenvalue weighted by molar-refractivity contribution is 0.0973. The van der Waals surface area contributed by atoms with E-state index < -0.39 is 0 Å². The second kappa shape index (κ2) is 9.18. The number of benzene rings is 2. The van der Waals surface area contributed by atoms with Gasteiger partial charge in [0.15, 0.2) is 17.3 Å². The first-order valence-electron chi connectivity index (χ1n) is 10.3. The van der Waals surface area contributed by atoms with E-state index in [0.717, 1.165) is 56.3 Å². The van der Waals surface area contributed by atoms with Crippen molar-refractivity contribution in [1.82, 2.24) is 4.90 Å². The molecular formula is C23H28N2O4. The van der Waals surface area contributed by atoms with Crippen LogP contribution >= 0.6 is 0 Å². The quantitative estimate of drug-likeness (QED) is 0.670. The van der Waals surface area contributed by atoms with Crippen molar-refractivity contribution in [2.75, 3.05) is 57.9 Å². The smallest absolute Gasteiger partial charge is 0.163 e. The third-order valence-corrected chi connectivity index (χ3v) is 5.54. The molecule has 0 bridgehead atoms. The number of ether oxygens (including phenoxy) is 3. The topological polar surface area (TPSA) is 51.2 Å². The van der Waals surface area contributed by atoms with Crippen molar-refractivity contribution >= 4 is 11.5 Å². The van der Waals surface area contributed by atoms with Crippen molar-refractivity contribution in [3.8, 4) is 17.2 Å². The Morgan fingerprint density at radius 2 is 1.76 bits per heavy atom. The average Bonchev–Trinajstić information content (AvgIpc) is 2.79. The van der Waals surface area contributed by atoms with Gasteiger partial charge in [0.25, 0.3) is 0 Å². The summed E-state index contributed by atoms with van der Waals surface area (Å²) >= 11 is 0. The first-order valence-corrected chi connectivity index (χ1v) is 10.3. The molecule has 0 aliphatic carbocycles. The molecule has 0 atom stereocenters. The number of piperazine rings is 1. The Labute approximate surface area is 172 Å². The fraction of sp³-hybridized carbons (Fsp3) is 0.435. The van der Waals surface area contributed by atoms with Crippen molar-refractivity contribution in [3.63, 3.8) is 0 Å². The molecule has 2 aromatic carbocycles. The molecule has 2 aromatic rings. The zero-order valence-electron chi connectivity index (χ0n) is 16.9. The van der Waals surface area contributed by atoms with Crippen LogP contribution in [-0.4, -0.2) is 63.7 Å². The number of hydrogen-bond acceptors (Lipinski definition) is 6. The summed E-state index contributed by atoms with van der Waals surface area (Å²) in [5, 5.41) is 0. The fourth-order valence-electron chi connectivity index (χ4n) is 3.93. The highest BCUT2D eigenvalue weighted by Gasteiger charge is 2.20. The Balaban J connectivity index is 1.23. The molecule has 1 fully saturated rings. The van der Waals surface area contributed by atoms with E-state index in [1.807, 2.05) is 36.4 Å². The highest BCUT2D eigenvalue weighted by Crippen LogP contribution is 2.31. The highest BCUT2D eigenvalue weighted by molar-refractivity contribution is 5.96. The van der Waals surface area contributed by atoms with Gasteiger partial charge in [-0.3, -0.25) is 9.69 Å². The van der Waals surface area contributed by atoms with E-state index in [-0.39, 0.29) is 5.78 Å². The molecule has 6 nitrogen and oxygen atoms in total. The summed E-state index contributed by atoms with van der Waals surface area (Å²) < 4.78 is 16.6. The second-order valence-corrected chi connectivity index (χ2v) is 7.39. The number of nitrogens with zero attached hydrogens (tertiary/aromatic N) is 2. The monoisotopic (exact) mass is 396 g/mol. The van der Waals surface area contributed by atoms with Gasteiger partial charge in [0.1, 0.15) is 19.0 Å². The average molecular weight is 396 g/mol. The van der Waals surface area contributed by atoms with Crippen molar-refractivity contribution < 1.29 is 19.0 Å². The van der Waals surface area contributed by atoms with Gasteiger partial charge in [-0.2, -0.15) is 0 Å². The van der Waals surface area contributed by atoms with Crippen molar-refractivity contribution in [2.24, 2.45) is 0 Å². The van der Waals surface area contributed by atoms with Crippen LogP contribution in [0.5, 0.6) is 17.2 Å². The lowest BCUT2D eigenvalue weighted by Gasteiger charge is -2.36. The van der Waals surface area contributed by atoms with Gasteiger partial charge < -0.3 is 19.1 Å². The molecule has 0 unspecified atom stereocenters. The second-order valence-electron chi connectivity index (χ2n) is 7.39. The summed E-state index contributed by atoms with van der Waals surface area (Å²) in [6, 6.07) is 13.6. The number of carbonyl (C=O) groups is 1. The summed E-state index contributed by atoms with van der Waals surface area (Å²) in [6.45, 7) is 5.96. The Bertz CT molecular complexity index is 847. The number of anilines is 1. The summed E-state index contributed by atoms with van der Waals surface area (Å²) in [4.78, 5) is 17.3. The van der Waals surface area contributed by atoms with Crippen LogP contribution in [0.1, 0.15) is 23.2 Å². The Morgan fingerprint density at radius 1 is 1.00 bits per heavy atom. The van der Waals surface area contributed by atoms with Crippen molar-refractivity contribution in [1.29, 1.82) is 0 Å². The van der Waals surface area contributed by atoms with Crippen LogP contribution in [-0.2, 0) is 0 Å². The first-order chi connectivity index (χ1) is 14.2. The van der Waals surface area contributed by atoms with Gasteiger partial charge in [-0.25, -0.2) is 0 Å². The lowest BCUT2D eigenvalue weighted by atomic mass is 10.1. The van der Waals surface area contributed by atoms with Crippen LogP contribution in [0.4, 0.5) is 5.69 Å². The number of methoxy groups -OCH3 is 1. The lowest BCUT2D eigenvalue weighted by Crippen LogP contribution is -2.46. The normalized spacial score (nSPS) is 16.5. The molecule has 0 amide bonds. The van der Waals surface area contributed by atoms with Gasteiger partial charge in [-0.05, 0) is 43.3 Å². The molecule has 154 valence electrons. The minimum Gasteiger partial charge on any atom is -0.495 e. The molecule has 4 rings (SSSR count). The van der Waals surface area contributed by atoms with Gasteiger partial charge in [-0.15, -0.1) is 0 Å². The highest BCUT2D eigenvalue weighted by atomic mass is 16.6. The van der Waals surface area contributed by atoms with E-state index in [1.54, 1.807) is 7.11 Å². The summed E-state index contributed by atoms with van der Waals surface area (Å²) in [6.07, 6.45) is 1.41. The van der Waals surface area contributed by atoms with E-state index in [2.05, 4.69) is 15.9 Å². The third-order valence-electron chi connectivity index (χ3n) is 5.54. The molecule has 29 heavy (non-hydrogen) atoms. The van der Waals surface area contributed by atoms with E-state index in [9.17, 15) is 4.79 Å². The summed E-state index contributed by atoms with van der Waals surface area (Å²) in [5.74, 6) is 2.48. The number of rotatable bonds is 7. The maximum absolute atomic E-state index is 12.5. The van der Waals surface area contributed by atoms with E-state index in [0.29, 0.717) is 30.9 Å². The van der Waals surface area contributed by atoms with Crippen LogP contribution in [0.2, 0.25) is 0 Å². The fourth-order valence-corrected chi connectivity index (χ4v) is 3.93. The molecule has 0 N–H and O–H groups in total. The number of ketones is 1. The van der Waals surface area contributed by atoms with Crippen LogP contribution in [0.3, 0.4) is 0 Å². The van der Waals surface area contributed by atoms with E-state index in [4.69, 9.17) is 14.2 Å². The molecule has 2 aliphatic heterocycles. The van der Waals surface area contributed by atoms with E-state index in [1.165, 1.54) is 0 Å². The van der Waals surface area contributed by atoms with Crippen molar-refractivity contribution in [3.05, 3.63) is 48.0 Å². The Kier molecular flexibility index (Phi) is 6.20. The number of para-hydroxylation sites is 2. The maximum atomic E-state index is 12.5. The van der Waals surface area contributed by atoms with Crippen LogP contribution in [0.25, 0.3) is 0 Å². The van der Waals surface area contributed by atoms with Crippen LogP contribution < -0.4 is 19.1 Å². The molecule has 1 saturated heterocycles. The number of fused-ring (bicyclic) bond motifs is 1. The number of hydrogen-bond donors (Lipinski definition) is 0. The van der Waals surface area contributed by atoms with Gasteiger partial charge in [0.2, 0.25) is 0 Å². The molecular weight excluding hydrogens is 368 g/mol. The largest absolute Gasteiger partial charge is 0.495 e. The van der Waals surface area contributed by atoms with E-state index >= 15 is 0 Å². The molecule has 2 heterocycles. The molecule has 0 radical (unpaired) electrons. The SMILES string of the molecule is COc1ccccc1N1CCN(CCCC(=O)c2ccc3c(c2)OCCO3)CC1. The molecule has 0 aromatic heterocycles. The summed E-state index contributed by atoms with van der Waals surface area (Å²) in [5.41, 5.74) is 1.86.